The molecule has 0 aliphatic carbocycles. The molecule has 1 saturated heterocycles. The lowest BCUT2D eigenvalue weighted by molar-refractivity contribution is 0.203. The molecule has 0 saturated carbocycles. The molecule has 1 aliphatic heterocycles. The van der Waals surface area contributed by atoms with E-state index in [4.69, 9.17) is 11.6 Å². The molecule has 2 N–H and O–H groups in total. The fourth-order valence-corrected chi connectivity index (χ4v) is 3.00. The fraction of sp³-hybridized carbons (Fsp3) is 0.625. The predicted molar refractivity (Wildman–Crippen MR) is 85.5 cm³/mol. The minimum Gasteiger partial charge on any atom is -0.396 e. The van der Waals surface area contributed by atoms with Crippen LogP contribution >= 0.6 is 11.6 Å². The van der Waals surface area contributed by atoms with Gasteiger partial charge in [-0.3, -0.25) is 0 Å². The number of piperidine rings is 1. The number of benzene rings is 1. The Kier molecular flexibility index (Phi) is 6.14. The molecule has 0 bridgehead atoms. The second-order valence-electron chi connectivity index (χ2n) is 5.53. The number of halogens is 1. The van der Waals surface area contributed by atoms with Crippen molar-refractivity contribution in [2.24, 2.45) is 5.92 Å². The number of nitrogens with zero attached hydrogens (tertiary/aromatic N) is 1. The number of aliphatic hydroxyl groups is 1. The van der Waals surface area contributed by atoms with Crippen molar-refractivity contribution in [1.82, 2.24) is 5.32 Å². The van der Waals surface area contributed by atoms with E-state index >= 15 is 0 Å². The van der Waals surface area contributed by atoms with Gasteiger partial charge in [-0.15, -0.1) is 0 Å². The van der Waals surface area contributed by atoms with Crippen LogP contribution in [0.15, 0.2) is 18.2 Å². The summed E-state index contributed by atoms with van der Waals surface area (Å²) in [5.41, 5.74) is 2.45. The summed E-state index contributed by atoms with van der Waals surface area (Å²) in [6.07, 6.45) is 3.25. The molecule has 1 aromatic rings. The van der Waals surface area contributed by atoms with Gasteiger partial charge in [-0.2, -0.15) is 0 Å². The maximum absolute atomic E-state index is 9.24. The number of hydrogen-bond acceptors (Lipinski definition) is 3. The molecule has 112 valence electrons. The van der Waals surface area contributed by atoms with E-state index in [1.807, 2.05) is 12.1 Å². The first kappa shape index (κ1) is 15.6. The first-order valence-corrected chi connectivity index (χ1v) is 7.98. The normalized spacial score (nSPS) is 16.6. The molecule has 2 rings (SSSR count). The first-order valence-electron chi connectivity index (χ1n) is 7.60. The lowest BCUT2D eigenvalue weighted by Crippen LogP contribution is -2.35. The lowest BCUT2D eigenvalue weighted by atomic mass is 9.97. The summed E-state index contributed by atoms with van der Waals surface area (Å²) in [5.74, 6) is 0.465. The average molecular weight is 297 g/mol. The third-order valence-corrected chi connectivity index (χ3v) is 4.39. The number of anilines is 1. The van der Waals surface area contributed by atoms with Crippen molar-refractivity contribution >= 4 is 17.3 Å². The van der Waals surface area contributed by atoms with E-state index in [0.29, 0.717) is 12.5 Å². The Morgan fingerprint density at radius 2 is 2.10 bits per heavy atom. The summed E-state index contributed by atoms with van der Waals surface area (Å²) in [6, 6.07) is 6.15. The summed E-state index contributed by atoms with van der Waals surface area (Å²) in [5, 5.41) is 13.5. The number of nitrogens with one attached hydrogen (secondary N) is 1. The molecule has 0 spiro atoms. The number of aliphatic hydroxyl groups excluding tert-OH is 1. The third kappa shape index (κ3) is 3.87. The van der Waals surface area contributed by atoms with Gasteiger partial charge in [0.15, 0.2) is 0 Å². The van der Waals surface area contributed by atoms with Gasteiger partial charge >= 0.3 is 0 Å². The van der Waals surface area contributed by atoms with Crippen molar-refractivity contribution in [3.05, 3.63) is 28.8 Å². The first-order chi connectivity index (χ1) is 9.76. The maximum atomic E-state index is 9.24. The highest BCUT2D eigenvalue weighted by Crippen LogP contribution is 2.30. The molecule has 0 atom stereocenters. The van der Waals surface area contributed by atoms with E-state index in [1.54, 1.807) is 0 Å². The van der Waals surface area contributed by atoms with Crippen molar-refractivity contribution in [1.29, 1.82) is 0 Å². The summed E-state index contributed by atoms with van der Waals surface area (Å²) < 4.78 is 0. The van der Waals surface area contributed by atoms with Gasteiger partial charge in [-0.05, 0) is 43.9 Å². The highest BCUT2D eigenvalue weighted by molar-refractivity contribution is 6.31. The molecule has 1 aromatic carbocycles. The minimum atomic E-state index is 0.314. The minimum absolute atomic E-state index is 0.314. The van der Waals surface area contributed by atoms with E-state index in [0.717, 1.165) is 50.5 Å². The highest BCUT2D eigenvalue weighted by Gasteiger charge is 2.21. The van der Waals surface area contributed by atoms with E-state index < -0.39 is 0 Å². The van der Waals surface area contributed by atoms with Gasteiger partial charge in [0.05, 0.1) is 0 Å². The second-order valence-corrected chi connectivity index (χ2v) is 5.93. The Labute approximate surface area is 126 Å². The molecule has 20 heavy (non-hydrogen) atoms. The molecule has 1 aliphatic rings. The average Bonchev–Trinajstić information content (AvgIpc) is 2.49. The summed E-state index contributed by atoms with van der Waals surface area (Å²) in [4.78, 5) is 2.40. The summed E-state index contributed by atoms with van der Waals surface area (Å²) in [6.45, 7) is 6.33. The Balaban J connectivity index is 2.08. The quantitative estimate of drug-likeness (QED) is 0.792. The Hall–Kier alpha value is -0.770. The van der Waals surface area contributed by atoms with Crippen LogP contribution in [0.1, 0.15) is 31.7 Å². The van der Waals surface area contributed by atoms with Crippen LogP contribution < -0.4 is 10.2 Å². The zero-order valence-corrected chi connectivity index (χ0v) is 13.0. The highest BCUT2D eigenvalue weighted by atomic mass is 35.5. The Bertz CT molecular complexity index is 417. The van der Waals surface area contributed by atoms with Crippen LogP contribution in [0.2, 0.25) is 5.02 Å². The van der Waals surface area contributed by atoms with Crippen LogP contribution in [0.3, 0.4) is 0 Å². The Morgan fingerprint density at radius 1 is 1.35 bits per heavy atom. The monoisotopic (exact) mass is 296 g/mol. The van der Waals surface area contributed by atoms with Crippen LogP contribution in [0, 0.1) is 5.92 Å². The van der Waals surface area contributed by atoms with E-state index in [2.05, 4.69) is 23.2 Å². The predicted octanol–water partition coefficient (Wildman–Crippen LogP) is 3.05. The largest absolute Gasteiger partial charge is 0.396 e. The molecular weight excluding hydrogens is 272 g/mol. The van der Waals surface area contributed by atoms with E-state index in [-0.39, 0.29) is 0 Å². The van der Waals surface area contributed by atoms with E-state index in [1.165, 1.54) is 11.3 Å². The zero-order valence-electron chi connectivity index (χ0n) is 12.2. The molecule has 0 amide bonds. The van der Waals surface area contributed by atoms with Gasteiger partial charge in [0.25, 0.3) is 0 Å². The Morgan fingerprint density at radius 3 is 2.75 bits per heavy atom. The van der Waals surface area contributed by atoms with Crippen LogP contribution in [0.5, 0.6) is 0 Å². The summed E-state index contributed by atoms with van der Waals surface area (Å²) in [7, 11) is 0. The molecule has 0 aromatic heterocycles. The topological polar surface area (TPSA) is 35.5 Å². The van der Waals surface area contributed by atoms with Crippen LogP contribution in [-0.2, 0) is 6.54 Å². The number of rotatable bonds is 6. The molecule has 4 heteroatoms. The summed E-state index contributed by atoms with van der Waals surface area (Å²) >= 11 is 6.38. The van der Waals surface area contributed by atoms with Crippen molar-refractivity contribution in [2.75, 3.05) is 31.1 Å². The van der Waals surface area contributed by atoms with Crippen molar-refractivity contribution < 1.29 is 5.11 Å². The van der Waals surface area contributed by atoms with Crippen molar-refractivity contribution in [3.8, 4) is 0 Å². The van der Waals surface area contributed by atoms with Crippen LogP contribution in [0.4, 0.5) is 5.69 Å². The number of hydrogen-bond donors (Lipinski definition) is 2. The standard InChI is InChI=1S/C16H25ClN2O/c1-2-8-18-11-14-15(17)4-3-5-16(14)19-9-6-13(12-20)7-10-19/h3-5,13,18,20H,2,6-12H2,1H3. The smallest absolute Gasteiger partial charge is 0.0471 e. The molecule has 3 nitrogen and oxygen atoms in total. The maximum Gasteiger partial charge on any atom is 0.0471 e. The molecule has 1 heterocycles. The molecule has 0 unspecified atom stereocenters. The van der Waals surface area contributed by atoms with Gasteiger partial charge in [0.1, 0.15) is 0 Å². The van der Waals surface area contributed by atoms with Crippen LogP contribution in [0.25, 0.3) is 0 Å². The third-order valence-electron chi connectivity index (χ3n) is 4.04. The molecular formula is C16H25ClN2O. The van der Waals surface area contributed by atoms with Crippen molar-refractivity contribution in [2.45, 2.75) is 32.7 Å². The van der Waals surface area contributed by atoms with Gasteiger partial charge in [0, 0.05) is 42.5 Å². The van der Waals surface area contributed by atoms with Gasteiger partial charge < -0.3 is 15.3 Å². The van der Waals surface area contributed by atoms with Gasteiger partial charge in [-0.1, -0.05) is 24.6 Å². The van der Waals surface area contributed by atoms with Crippen molar-refractivity contribution in [3.63, 3.8) is 0 Å². The van der Waals surface area contributed by atoms with Gasteiger partial charge in [0.2, 0.25) is 0 Å². The van der Waals surface area contributed by atoms with E-state index in [9.17, 15) is 5.11 Å². The second kappa shape index (κ2) is 7.87. The SMILES string of the molecule is CCCNCc1c(Cl)cccc1N1CCC(CO)CC1. The lowest BCUT2D eigenvalue weighted by Gasteiger charge is -2.34. The van der Waals surface area contributed by atoms with Crippen LogP contribution in [-0.4, -0.2) is 31.3 Å². The fourth-order valence-electron chi connectivity index (χ4n) is 2.77. The molecule has 0 radical (unpaired) electrons. The zero-order chi connectivity index (χ0) is 14.4. The molecule has 1 fully saturated rings. The van der Waals surface area contributed by atoms with Gasteiger partial charge in [-0.25, -0.2) is 0 Å².